The van der Waals surface area contributed by atoms with Crippen LogP contribution in [0.5, 0.6) is 0 Å². The second kappa shape index (κ2) is 5.51. The van der Waals surface area contributed by atoms with Gasteiger partial charge in [0.2, 0.25) is 0 Å². The molecule has 2 rings (SSSR count). The third-order valence-corrected chi connectivity index (χ3v) is 5.15. The van der Waals surface area contributed by atoms with Crippen molar-refractivity contribution in [3.63, 3.8) is 0 Å². The Morgan fingerprint density at radius 2 is 1.44 bits per heavy atom. The van der Waals surface area contributed by atoms with E-state index in [2.05, 4.69) is 5.09 Å². The van der Waals surface area contributed by atoms with Crippen molar-refractivity contribution in [3.8, 4) is 0 Å². The third kappa shape index (κ3) is 3.10. The molecule has 1 N–H and O–H groups in total. The van der Waals surface area contributed by atoms with Crippen LogP contribution in [-0.4, -0.2) is 6.66 Å². The maximum Gasteiger partial charge on any atom is 0.173 e. The van der Waals surface area contributed by atoms with Crippen LogP contribution in [0.2, 0.25) is 0 Å². The van der Waals surface area contributed by atoms with Gasteiger partial charge in [-0.3, -0.25) is 5.09 Å². The minimum atomic E-state index is -2.52. The molecule has 0 bridgehead atoms. The number of hydrogen-bond donors (Lipinski definition) is 1. The van der Waals surface area contributed by atoms with Crippen LogP contribution in [0, 0.1) is 0 Å². The predicted molar refractivity (Wildman–Crippen MR) is 77.6 cm³/mol. The molecule has 18 heavy (non-hydrogen) atoms. The summed E-state index contributed by atoms with van der Waals surface area (Å²) >= 11 is 0. The Morgan fingerprint density at radius 1 is 0.944 bits per heavy atom. The van der Waals surface area contributed by atoms with Gasteiger partial charge in [-0.05, 0) is 12.5 Å². The summed E-state index contributed by atoms with van der Waals surface area (Å²) in [4.78, 5) is 0. The predicted octanol–water partition coefficient (Wildman–Crippen LogP) is 3.57. The molecule has 0 aliphatic carbocycles. The van der Waals surface area contributed by atoms with Crippen LogP contribution in [0.3, 0.4) is 0 Å². The van der Waals surface area contributed by atoms with E-state index in [1.54, 1.807) is 6.66 Å². The van der Waals surface area contributed by atoms with Crippen molar-refractivity contribution in [1.82, 2.24) is 5.09 Å². The van der Waals surface area contributed by atoms with E-state index in [0.29, 0.717) is 0 Å². The molecule has 0 aromatic heterocycles. The zero-order valence-electron chi connectivity index (χ0n) is 10.7. The lowest BCUT2D eigenvalue weighted by atomic mass is 10.1. The molecule has 0 fully saturated rings. The van der Waals surface area contributed by atoms with E-state index >= 15 is 0 Å². The van der Waals surface area contributed by atoms with Gasteiger partial charge in [0.1, 0.15) is 0 Å². The Bertz CT molecular complexity index is 539. The Morgan fingerprint density at radius 3 is 2.00 bits per heavy atom. The van der Waals surface area contributed by atoms with Crippen LogP contribution in [0.25, 0.3) is 0 Å². The number of rotatable bonds is 4. The van der Waals surface area contributed by atoms with Crippen LogP contribution in [0.4, 0.5) is 0 Å². The largest absolute Gasteiger partial charge is 0.302 e. The lowest BCUT2D eigenvalue weighted by Crippen LogP contribution is -2.21. The van der Waals surface area contributed by atoms with Crippen LogP contribution in [0.1, 0.15) is 18.5 Å². The Kier molecular flexibility index (Phi) is 4.00. The molecule has 0 radical (unpaired) electrons. The van der Waals surface area contributed by atoms with Gasteiger partial charge in [-0.1, -0.05) is 60.7 Å². The van der Waals surface area contributed by atoms with Gasteiger partial charge < -0.3 is 4.57 Å². The molecule has 0 aliphatic heterocycles. The summed E-state index contributed by atoms with van der Waals surface area (Å²) in [5.41, 5.74) is 1.15. The molecule has 3 heteroatoms. The van der Waals surface area contributed by atoms with E-state index in [1.165, 1.54) is 0 Å². The maximum atomic E-state index is 12.7. The van der Waals surface area contributed by atoms with Crippen molar-refractivity contribution < 1.29 is 4.57 Å². The van der Waals surface area contributed by atoms with E-state index in [9.17, 15) is 4.57 Å². The molecular weight excluding hydrogens is 241 g/mol. The Hall–Kier alpha value is -1.37. The summed E-state index contributed by atoms with van der Waals surface area (Å²) in [6.07, 6.45) is 0. The standard InChI is InChI=1S/C15H18NOP/c1-13(14-9-5-3-6-10-14)16-18(2,17)15-11-7-4-8-12-15/h3-13H,1-2H3,(H,16,17)/t13-,18-/m1/s1. The molecular formula is C15H18NOP. The molecule has 0 aliphatic rings. The molecule has 0 amide bonds. The average Bonchev–Trinajstić information content (AvgIpc) is 2.40. The van der Waals surface area contributed by atoms with Gasteiger partial charge in [-0.25, -0.2) is 0 Å². The maximum absolute atomic E-state index is 12.7. The summed E-state index contributed by atoms with van der Waals surface area (Å²) in [6, 6.07) is 19.7. The van der Waals surface area contributed by atoms with Gasteiger partial charge in [0.15, 0.2) is 7.29 Å². The summed E-state index contributed by atoms with van der Waals surface area (Å²) in [5.74, 6) is 0. The van der Waals surface area contributed by atoms with E-state index in [1.807, 2.05) is 67.6 Å². The molecule has 0 heterocycles. The quantitative estimate of drug-likeness (QED) is 0.850. The van der Waals surface area contributed by atoms with E-state index in [4.69, 9.17) is 0 Å². The van der Waals surface area contributed by atoms with Crippen LogP contribution >= 0.6 is 7.29 Å². The van der Waals surface area contributed by atoms with Crippen molar-refractivity contribution in [1.29, 1.82) is 0 Å². The van der Waals surface area contributed by atoms with Crippen molar-refractivity contribution >= 4 is 12.6 Å². The highest BCUT2D eigenvalue weighted by atomic mass is 31.2. The lowest BCUT2D eigenvalue weighted by molar-refractivity contribution is 0.565. The van der Waals surface area contributed by atoms with Gasteiger partial charge >= 0.3 is 0 Å². The summed E-state index contributed by atoms with van der Waals surface area (Å²) < 4.78 is 12.7. The van der Waals surface area contributed by atoms with E-state index in [0.717, 1.165) is 10.9 Å². The molecule has 2 atom stereocenters. The minimum Gasteiger partial charge on any atom is -0.302 e. The third-order valence-electron chi connectivity index (χ3n) is 2.99. The highest BCUT2D eigenvalue weighted by molar-refractivity contribution is 7.68. The molecule has 0 saturated heterocycles. The monoisotopic (exact) mass is 259 g/mol. The number of benzene rings is 2. The Labute approximate surface area is 108 Å². The second-order valence-corrected chi connectivity index (χ2v) is 7.14. The Balaban J connectivity index is 2.17. The zero-order valence-corrected chi connectivity index (χ0v) is 11.6. The van der Waals surface area contributed by atoms with Crippen molar-refractivity contribution in [2.75, 3.05) is 6.66 Å². The normalized spacial score (nSPS) is 15.9. The van der Waals surface area contributed by atoms with Gasteiger partial charge in [0.05, 0.1) is 0 Å². The summed E-state index contributed by atoms with van der Waals surface area (Å²) in [5, 5.41) is 4.11. The molecule has 2 nitrogen and oxygen atoms in total. The van der Waals surface area contributed by atoms with E-state index in [-0.39, 0.29) is 6.04 Å². The van der Waals surface area contributed by atoms with Gasteiger partial charge in [-0.2, -0.15) is 0 Å². The molecule has 0 spiro atoms. The molecule has 0 saturated carbocycles. The summed E-state index contributed by atoms with van der Waals surface area (Å²) in [7, 11) is -2.52. The topological polar surface area (TPSA) is 29.1 Å². The first-order valence-corrected chi connectivity index (χ1v) is 8.21. The molecule has 94 valence electrons. The van der Waals surface area contributed by atoms with Crippen LogP contribution in [0.15, 0.2) is 60.7 Å². The fraction of sp³-hybridized carbons (Fsp3) is 0.200. The smallest absolute Gasteiger partial charge is 0.173 e. The highest BCUT2D eigenvalue weighted by Crippen LogP contribution is 2.38. The van der Waals surface area contributed by atoms with E-state index < -0.39 is 7.29 Å². The van der Waals surface area contributed by atoms with Gasteiger partial charge in [0, 0.05) is 18.0 Å². The molecule has 2 aromatic carbocycles. The SMILES string of the molecule is C[C@@H](N[P@](C)(=O)c1ccccc1)c1ccccc1. The first-order chi connectivity index (χ1) is 8.59. The minimum absolute atomic E-state index is 0.0715. The van der Waals surface area contributed by atoms with Crippen molar-refractivity contribution in [2.45, 2.75) is 13.0 Å². The first kappa shape index (κ1) is 13.1. The zero-order chi connectivity index (χ0) is 13.0. The number of nitrogens with one attached hydrogen (secondary N) is 1. The van der Waals surface area contributed by atoms with Gasteiger partial charge in [-0.15, -0.1) is 0 Å². The molecule has 2 aromatic rings. The van der Waals surface area contributed by atoms with Crippen LogP contribution in [-0.2, 0) is 4.57 Å². The fourth-order valence-electron chi connectivity index (χ4n) is 1.97. The van der Waals surface area contributed by atoms with Crippen molar-refractivity contribution in [3.05, 3.63) is 66.2 Å². The lowest BCUT2D eigenvalue weighted by Gasteiger charge is -2.21. The van der Waals surface area contributed by atoms with Crippen LogP contribution < -0.4 is 10.4 Å². The first-order valence-electron chi connectivity index (χ1n) is 6.05. The average molecular weight is 259 g/mol. The highest BCUT2D eigenvalue weighted by Gasteiger charge is 2.20. The second-order valence-electron chi connectivity index (χ2n) is 4.52. The van der Waals surface area contributed by atoms with Crippen molar-refractivity contribution in [2.24, 2.45) is 0 Å². The summed E-state index contributed by atoms with van der Waals surface area (Å²) in [6.45, 7) is 3.82. The van der Waals surface area contributed by atoms with Gasteiger partial charge in [0.25, 0.3) is 0 Å². The fourth-order valence-corrected chi connectivity index (χ4v) is 3.75. The molecule has 0 unspecified atom stereocenters. The number of hydrogen-bond acceptors (Lipinski definition) is 1.